The molecule has 28 heavy (non-hydrogen) atoms. The standard InChI is InChI=1S/C25H25F2N/c26-22-15-21(16-23(27)17-22)18-11-13-24(14-12-18)28-25(19-7-3-1-4-8-19)20-9-5-2-6-10-20/h1-10,15-18,24-25,28H,11-14H2/t18-,24-. The van der Waals surface area contributed by atoms with Gasteiger partial charge in [-0.3, -0.25) is 0 Å². The Balaban J connectivity index is 1.46. The fourth-order valence-corrected chi connectivity index (χ4v) is 4.32. The molecular weight excluding hydrogens is 352 g/mol. The molecule has 3 aromatic carbocycles. The minimum atomic E-state index is -0.483. The first-order chi connectivity index (χ1) is 13.7. The van der Waals surface area contributed by atoms with Crippen LogP contribution >= 0.6 is 0 Å². The van der Waals surface area contributed by atoms with Crippen LogP contribution in [0.5, 0.6) is 0 Å². The summed E-state index contributed by atoms with van der Waals surface area (Å²) in [4.78, 5) is 0. The second kappa shape index (κ2) is 8.66. The van der Waals surface area contributed by atoms with Gasteiger partial charge < -0.3 is 5.32 Å². The second-order valence-corrected chi connectivity index (χ2v) is 7.67. The Morgan fingerprint density at radius 3 is 1.68 bits per heavy atom. The summed E-state index contributed by atoms with van der Waals surface area (Å²) >= 11 is 0. The predicted molar refractivity (Wildman–Crippen MR) is 109 cm³/mol. The van der Waals surface area contributed by atoms with Gasteiger partial charge in [0.25, 0.3) is 0 Å². The molecule has 1 nitrogen and oxygen atoms in total. The summed E-state index contributed by atoms with van der Waals surface area (Å²) in [6.07, 6.45) is 3.88. The smallest absolute Gasteiger partial charge is 0.126 e. The number of rotatable bonds is 5. The molecule has 3 aromatic rings. The fraction of sp³-hybridized carbons (Fsp3) is 0.280. The highest BCUT2D eigenvalue weighted by atomic mass is 19.1. The van der Waals surface area contributed by atoms with Crippen LogP contribution in [0.15, 0.2) is 78.9 Å². The number of halogens is 2. The Bertz CT molecular complexity index is 827. The third-order valence-corrected chi connectivity index (χ3v) is 5.75. The van der Waals surface area contributed by atoms with Gasteiger partial charge >= 0.3 is 0 Å². The van der Waals surface area contributed by atoms with Gasteiger partial charge in [-0.2, -0.15) is 0 Å². The van der Waals surface area contributed by atoms with E-state index in [1.54, 1.807) is 0 Å². The number of hydrogen-bond acceptors (Lipinski definition) is 1. The van der Waals surface area contributed by atoms with E-state index >= 15 is 0 Å². The van der Waals surface area contributed by atoms with Crippen LogP contribution in [0.3, 0.4) is 0 Å². The van der Waals surface area contributed by atoms with Crippen molar-refractivity contribution in [3.05, 3.63) is 107 Å². The largest absolute Gasteiger partial charge is 0.303 e. The molecule has 0 amide bonds. The number of hydrogen-bond donors (Lipinski definition) is 1. The maximum atomic E-state index is 13.6. The van der Waals surface area contributed by atoms with Crippen molar-refractivity contribution in [2.75, 3.05) is 0 Å². The molecule has 0 heterocycles. The van der Waals surface area contributed by atoms with Gasteiger partial charge in [0.1, 0.15) is 11.6 Å². The van der Waals surface area contributed by atoms with Crippen molar-refractivity contribution in [2.45, 2.75) is 43.7 Å². The van der Waals surface area contributed by atoms with Gasteiger partial charge in [0.15, 0.2) is 0 Å². The average Bonchev–Trinajstić information content (AvgIpc) is 2.73. The van der Waals surface area contributed by atoms with E-state index < -0.39 is 11.6 Å². The monoisotopic (exact) mass is 377 g/mol. The third kappa shape index (κ3) is 4.48. The molecule has 144 valence electrons. The number of nitrogens with one attached hydrogen (secondary N) is 1. The van der Waals surface area contributed by atoms with Crippen LogP contribution in [-0.2, 0) is 0 Å². The summed E-state index contributed by atoms with van der Waals surface area (Å²) in [7, 11) is 0. The van der Waals surface area contributed by atoms with Crippen LogP contribution in [0.2, 0.25) is 0 Å². The Kier molecular flexibility index (Phi) is 5.82. The van der Waals surface area contributed by atoms with E-state index in [-0.39, 0.29) is 12.0 Å². The van der Waals surface area contributed by atoms with Crippen molar-refractivity contribution in [1.29, 1.82) is 0 Å². The van der Waals surface area contributed by atoms with E-state index in [0.717, 1.165) is 37.3 Å². The summed E-state index contributed by atoms with van der Waals surface area (Å²) < 4.78 is 27.1. The first kappa shape index (κ1) is 18.8. The molecule has 4 rings (SSSR count). The minimum absolute atomic E-state index is 0.149. The molecule has 0 atom stereocenters. The Hall–Kier alpha value is -2.52. The van der Waals surface area contributed by atoms with Crippen LogP contribution in [0.25, 0.3) is 0 Å². The van der Waals surface area contributed by atoms with E-state index in [1.807, 2.05) is 12.1 Å². The van der Waals surface area contributed by atoms with Crippen LogP contribution in [-0.4, -0.2) is 6.04 Å². The first-order valence-electron chi connectivity index (χ1n) is 10.0. The van der Waals surface area contributed by atoms with Gasteiger partial charge in [0, 0.05) is 12.1 Å². The van der Waals surface area contributed by atoms with Crippen molar-refractivity contribution in [3.63, 3.8) is 0 Å². The summed E-state index contributed by atoms with van der Waals surface area (Å²) in [5.74, 6) is -0.734. The third-order valence-electron chi connectivity index (χ3n) is 5.75. The minimum Gasteiger partial charge on any atom is -0.303 e. The molecule has 3 heteroatoms. The summed E-state index contributed by atoms with van der Waals surface area (Å²) in [6.45, 7) is 0. The van der Waals surface area contributed by atoms with Crippen LogP contribution in [0.4, 0.5) is 8.78 Å². The van der Waals surface area contributed by atoms with E-state index in [1.165, 1.54) is 23.3 Å². The van der Waals surface area contributed by atoms with Gasteiger partial charge in [-0.25, -0.2) is 8.78 Å². The SMILES string of the molecule is Fc1cc(F)cc([C@H]2CC[C@H](NC(c3ccccc3)c3ccccc3)CC2)c1. The lowest BCUT2D eigenvalue weighted by Gasteiger charge is -2.33. The van der Waals surface area contributed by atoms with Gasteiger partial charge in [0.2, 0.25) is 0 Å². The first-order valence-corrected chi connectivity index (χ1v) is 10.0. The molecule has 0 aromatic heterocycles. The molecule has 0 spiro atoms. The van der Waals surface area contributed by atoms with Crippen molar-refractivity contribution in [1.82, 2.24) is 5.32 Å². The molecule has 0 saturated heterocycles. The van der Waals surface area contributed by atoms with Crippen LogP contribution in [0.1, 0.15) is 54.3 Å². The average molecular weight is 377 g/mol. The van der Waals surface area contributed by atoms with Crippen LogP contribution in [0, 0.1) is 11.6 Å². The Morgan fingerprint density at radius 1 is 0.679 bits per heavy atom. The van der Waals surface area contributed by atoms with Crippen molar-refractivity contribution in [3.8, 4) is 0 Å². The summed E-state index contributed by atoms with van der Waals surface area (Å²) in [6, 6.07) is 25.4. The zero-order chi connectivity index (χ0) is 19.3. The molecule has 1 fully saturated rings. The van der Waals surface area contributed by atoms with E-state index in [0.29, 0.717) is 6.04 Å². The Labute approximate surface area is 165 Å². The van der Waals surface area contributed by atoms with Gasteiger partial charge in [0.05, 0.1) is 6.04 Å². The molecule has 1 N–H and O–H groups in total. The maximum absolute atomic E-state index is 13.6. The zero-order valence-electron chi connectivity index (χ0n) is 15.8. The second-order valence-electron chi connectivity index (χ2n) is 7.67. The predicted octanol–water partition coefficient (Wildman–Crippen LogP) is 6.37. The summed E-state index contributed by atoms with van der Waals surface area (Å²) in [5.41, 5.74) is 3.30. The highest BCUT2D eigenvalue weighted by molar-refractivity contribution is 5.32. The van der Waals surface area contributed by atoms with Crippen molar-refractivity contribution >= 4 is 0 Å². The fourth-order valence-electron chi connectivity index (χ4n) is 4.32. The summed E-state index contributed by atoms with van der Waals surface area (Å²) in [5, 5.41) is 3.84. The van der Waals surface area contributed by atoms with Gasteiger partial charge in [-0.05, 0) is 60.4 Å². The molecule has 1 aliphatic rings. The van der Waals surface area contributed by atoms with Crippen molar-refractivity contribution in [2.24, 2.45) is 0 Å². The lowest BCUT2D eigenvalue weighted by atomic mass is 9.81. The highest BCUT2D eigenvalue weighted by Gasteiger charge is 2.26. The van der Waals surface area contributed by atoms with Crippen LogP contribution < -0.4 is 5.32 Å². The topological polar surface area (TPSA) is 12.0 Å². The quantitative estimate of drug-likeness (QED) is 0.545. The molecule has 0 unspecified atom stereocenters. The molecular formula is C25H25F2N. The number of benzene rings is 3. The van der Waals surface area contributed by atoms with E-state index in [2.05, 4.69) is 53.8 Å². The lowest BCUT2D eigenvalue weighted by Crippen LogP contribution is -2.36. The molecule has 0 aliphatic heterocycles. The normalized spacial score (nSPS) is 19.7. The molecule has 0 radical (unpaired) electrons. The lowest BCUT2D eigenvalue weighted by molar-refractivity contribution is 0.327. The molecule has 1 aliphatic carbocycles. The molecule has 1 saturated carbocycles. The van der Waals surface area contributed by atoms with E-state index in [9.17, 15) is 8.78 Å². The molecule has 0 bridgehead atoms. The highest BCUT2D eigenvalue weighted by Crippen LogP contribution is 2.35. The van der Waals surface area contributed by atoms with Gasteiger partial charge in [-0.1, -0.05) is 60.7 Å². The Morgan fingerprint density at radius 2 is 1.18 bits per heavy atom. The van der Waals surface area contributed by atoms with E-state index in [4.69, 9.17) is 0 Å². The van der Waals surface area contributed by atoms with Gasteiger partial charge in [-0.15, -0.1) is 0 Å². The van der Waals surface area contributed by atoms with Crippen molar-refractivity contribution < 1.29 is 8.78 Å². The maximum Gasteiger partial charge on any atom is 0.126 e. The zero-order valence-corrected chi connectivity index (χ0v) is 15.8.